The maximum absolute atomic E-state index is 13.1. The summed E-state index contributed by atoms with van der Waals surface area (Å²) >= 11 is 1.42. The van der Waals surface area contributed by atoms with Crippen molar-refractivity contribution in [1.29, 1.82) is 0 Å². The molecule has 1 atom stereocenters. The summed E-state index contributed by atoms with van der Waals surface area (Å²) in [5.41, 5.74) is 0.778. The number of hydrogen-bond acceptors (Lipinski definition) is 6. The molecular formula is C16H19FN2O3S. The van der Waals surface area contributed by atoms with E-state index in [4.69, 9.17) is 9.15 Å². The van der Waals surface area contributed by atoms with Crippen LogP contribution in [0.3, 0.4) is 0 Å². The monoisotopic (exact) mass is 338 g/mol. The molecule has 0 aliphatic carbocycles. The van der Waals surface area contributed by atoms with E-state index in [-0.39, 0.29) is 17.0 Å². The molecule has 1 heterocycles. The van der Waals surface area contributed by atoms with Crippen molar-refractivity contribution < 1.29 is 18.3 Å². The highest BCUT2D eigenvalue weighted by Gasteiger charge is 2.14. The van der Waals surface area contributed by atoms with Crippen LogP contribution in [0, 0.1) is 5.82 Å². The van der Waals surface area contributed by atoms with Crippen molar-refractivity contribution in [1.82, 2.24) is 10.2 Å². The first kappa shape index (κ1) is 17.5. The zero-order chi connectivity index (χ0) is 16.7. The fraction of sp³-hybridized carbons (Fsp3) is 0.438. The van der Waals surface area contributed by atoms with Crippen molar-refractivity contribution in [2.24, 2.45) is 0 Å². The molecule has 0 bridgehead atoms. The van der Waals surface area contributed by atoms with Crippen molar-refractivity contribution >= 4 is 17.7 Å². The first-order valence-corrected chi connectivity index (χ1v) is 8.34. The van der Waals surface area contributed by atoms with Crippen LogP contribution < -0.4 is 0 Å². The first-order chi connectivity index (χ1) is 11.1. The molecule has 0 radical (unpaired) electrons. The largest absolute Gasteiger partial charge is 0.466 e. The Hall–Kier alpha value is -1.89. The van der Waals surface area contributed by atoms with E-state index >= 15 is 0 Å². The molecule has 0 spiro atoms. The molecule has 1 aromatic carbocycles. The zero-order valence-corrected chi connectivity index (χ0v) is 13.9. The van der Waals surface area contributed by atoms with E-state index < -0.39 is 0 Å². The van der Waals surface area contributed by atoms with Crippen LogP contribution >= 0.6 is 11.8 Å². The summed E-state index contributed by atoms with van der Waals surface area (Å²) in [6.45, 7) is 4.17. The van der Waals surface area contributed by atoms with E-state index in [1.165, 1.54) is 23.9 Å². The molecule has 1 unspecified atom stereocenters. The molecule has 0 amide bonds. The summed E-state index contributed by atoms with van der Waals surface area (Å²) in [4.78, 5) is 11.3. The lowest BCUT2D eigenvalue weighted by molar-refractivity contribution is -0.143. The van der Waals surface area contributed by atoms with E-state index in [1.54, 1.807) is 13.0 Å². The minimum absolute atomic E-state index is 0.155. The van der Waals surface area contributed by atoms with Crippen LogP contribution in [0.4, 0.5) is 4.39 Å². The summed E-state index contributed by atoms with van der Waals surface area (Å²) in [6, 6.07) is 6.29. The maximum atomic E-state index is 13.1. The van der Waals surface area contributed by atoms with Crippen molar-refractivity contribution in [2.75, 3.05) is 6.61 Å². The normalized spacial score (nSPS) is 12.1. The molecule has 23 heavy (non-hydrogen) atoms. The molecule has 0 aliphatic heterocycles. The van der Waals surface area contributed by atoms with Crippen molar-refractivity contribution in [3.05, 3.63) is 41.5 Å². The molecule has 0 fully saturated rings. The molecule has 5 nitrogen and oxygen atoms in total. The van der Waals surface area contributed by atoms with Crippen LogP contribution in [-0.2, 0) is 16.0 Å². The Morgan fingerprint density at radius 3 is 3.00 bits per heavy atom. The van der Waals surface area contributed by atoms with Crippen molar-refractivity contribution in [3.63, 3.8) is 0 Å². The third-order valence-corrected chi connectivity index (χ3v) is 4.06. The molecule has 2 aromatic rings. The molecule has 0 N–H and O–H groups in total. The topological polar surface area (TPSA) is 65.2 Å². The number of nitrogens with zero attached hydrogens (tertiary/aromatic N) is 2. The number of aromatic nitrogens is 2. The van der Waals surface area contributed by atoms with Gasteiger partial charge in [0.15, 0.2) is 0 Å². The van der Waals surface area contributed by atoms with Gasteiger partial charge in [-0.15, -0.1) is 10.2 Å². The summed E-state index contributed by atoms with van der Waals surface area (Å²) in [7, 11) is 0. The lowest BCUT2D eigenvalue weighted by Crippen LogP contribution is -2.07. The van der Waals surface area contributed by atoms with Crippen LogP contribution in [-0.4, -0.2) is 28.0 Å². The molecule has 0 saturated heterocycles. The summed E-state index contributed by atoms with van der Waals surface area (Å²) < 4.78 is 23.6. The number of thioether (sulfide) groups is 1. The van der Waals surface area contributed by atoms with Gasteiger partial charge in [0, 0.05) is 11.7 Å². The predicted octanol–water partition coefficient (Wildman–Crippen LogP) is 3.62. The number of rotatable bonds is 8. The fourth-order valence-electron chi connectivity index (χ4n) is 1.96. The molecule has 0 aliphatic rings. The van der Waals surface area contributed by atoms with E-state index in [1.807, 2.05) is 13.0 Å². The van der Waals surface area contributed by atoms with Gasteiger partial charge in [0.25, 0.3) is 5.22 Å². The smallest absolute Gasteiger partial charge is 0.305 e. The van der Waals surface area contributed by atoms with Gasteiger partial charge in [-0.25, -0.2) is 4.39 Å². The molecular weight excluding hydrogens is 319 g/mol. The van der Waals surface area contributed by atoms with Gasteiger partial charge in [-0.05, 0) is 31.0 Å². The minimum atomic E-state index is -0.288. The number of ether oxygens (including phenoxy) is 1. The SMILES string of the molecule is CCOC(=O)CCC(C)Sc1nnc(Cc2cccc(F)c2)o1. The molecule has 7 heteroatoms. The van der Waals surface area contributed by atoms with Crippen LogP contribution in [0.5, 0.6) is 0 Å². The summed E-state index contributed by atoms with van der Waals surface area (Å²) in [6.07, 6.45) is 1.43. The number of halogens is 1. The van der Waals surface area contributed by atoms with Crippen molar-refractivity contribution in [2.45, 2.75) is 43.6 Å². The van der Waals surface area contributed by atoms with Crippen LogP contribution in [0.2, 0.25) is 0 Å². The number of carbonyl (C=O) groups is 1. The molecule has 124 valence electrons. The van der Waals surface area contributed by atoms with E-state index in [9.17, 15) is 9.18 Å². The highest BCUT2D eigenvalue weighted by atomic mass is 32.2. The van der Waals surface area contributed by atoms with Gasteiger partial charge in [-0.3, -0.25) is 4.79 Å². The molecule has 0 saturated carbocycles. The number of esters is 1. The van der Waals surface area contributed by atoms with E-state index in [0.29, 0.717) is 37.0 Å². The Balaban J connectivity index is 1.83. The quantitative estimate of drug-likeness (QED) is 0.541. The van der Waals surface area contributed by atoms with Crippen LogP contribution in [0.15, 0.2) is 33.9 Å². The number of hydrogen-bond donors (Lipinski definition) is 0. The van der Waals surface area contributed by atoms with Gasteiger partial charge in [-0.1, -0.05) is 30.8 Å². The Morgan fingerprint density at radius 1 is 1.43 bits per heavy atom. The van der Waals surface area contributed by atoms with Crippen LogP contribution in [0.1, 0.15) is 38.1 Å². The Bertz CT molecular complexity index is 648. The average molecular weight is 338 g/mol. The van der Waals surface area contributed by atoms with Crippen molar-refractivity contribution in [3.8, 4) is 0 Å². The zero-order valence-electron chi connectivity index (χ0n) is 13.1. The second kappa shape index (κ2) is 8.67. The first-order valence-electron chi connectivity index (χ1n) is 7.46. The standard InChI is InChI=1S/C16H19FN2O3S/c1-3-21-15(20)8-7-11(2)23-16-19-18-14(22-16)10-12-5-4-6-13(17)9-12/h4-6,9,11H,3,7-8,10H2,1-2H3. The predicted molar refractivity (Wildman–Crippen MR) is 84.7 cm³/mol. The number of carbonyl (C=O) groups excluding carboxylic acids is 1. The summed E-state index contributed by atoms with van der Waals surface area (Å²) in [5, 5.41) is 8.55. The van der Waals surface area contributed by atoms with Gasteiger partial charge >= 0.3 is 5.97 Å². The average Bonchev–Trinajstić information content (AvgIpc) is 2.92. The van der Waals surface area contributed by atoms with Gasteiger partial charge in [0.1, 0.15) is 5.82 Å². The van der Waals surface area contributed by atoms with Gasteiger partial charge < -0.3 is 9.15 Å². The lowest BCUT2D eigenvalue weighted by Gasteiger charge is -2.07. The summed E-state index contributed by atoms with van der Waals surface area (Å²) in [5.74, 6) is -0.0443. The highest BCUT2D eigenvalue weighted by molar-refractivity contribution is 7.99. The second-order valence-corrected chi connectivity index (χ2v) is 6.43. The van der Waals surface area contributed by atoms with Gasteiger partial charge in [0.05, 0.1) is 13.0 Å². The second-order valence-electron chi connectivity index (χ2n) is 5.04. The van der Waals surface area contributed by atoms with Crippen LogP contribution in [0.25, 0.3) is 0 Å². The minimum Gasteiger partial charge on any atom is -0.466 e. The maximum Gasteiger partial charge on any atom is 0.305 e. The third kappa shape index (κ3) is 6.02. The third-order valence-electron chi connectivity index (χ3n) is 3.06. The van der Waals surface area contributed by atoms with Gasteiger partial charge in [0.2, 0.25) is 5.89 Å². The molecule has 2 rings (SSSR count). The van der Waals surface area contributed by atoms with E-state index in [2.05, 4.69) is 10.2 Å². The lowest BCUT2D eigenvalue weighted by atomic mass is 10.1. The Labute approximate surface area is 138 Å². The van der Waals surface area contributed by atoms with E-state index in [0.717, 1.165) is 5.56 Å². The number of benzene rings is 1. The fourth-order valence-corrected chi connectivity index (χ4v) is 2.78. The highest BCUT2D eigenvalue weighted by Crippen LogP contribution is 2.25. The molecule has 1 aromatic heterocycles. The Kier molecular flexibility index (Phi) is 6.58. The Morgan fingerprint density at radius 2 is 2.26 bits per heavy atom. The van der Waals surface area contributed by atoms with Gasteiger partial charge in [-0.2, -0.15) is 0 Å².